The highest BCUT2D eigenvalue weighted by Crippen LogP contribution is 2.08. The molecule has 86 valence electrons. The molecule has 2 fully saturated rings. The van der Waals surface area contributed by atoms with Gasteiger partial charge >= 0.3 is 6.09 Å². The van der Waals surface area contributed by atoms with Crippen molar-refractivity contribution < 1.29 is 14.7 Å². The lowest BCUT2D eigenvalue weighted by molar-refractivity contribution is -0.125. The van der Waals surface area contributed by atoms with Crippen LogP contribution in [0, 0.1) is 0 Å². The Labute approximate surface area is 88.6 Å². The van der Waals surface area contributed by atoms with Crippen LogP contribution in [0.2, 0.25) is 0 Å². The van der Waals surface area contributed by atoms with E-state index in [-0.39, 0.29) is 5.91 Å². The zero-order valence-corrected chi connectivity index (χ0v) is 8.66. The predicted octanol–water partition coefficient (Wildman–Crippen LogP) is -0.534. The number of imide groups is 1. The number of carboxylic acid groups (broad SMARTS) is 1. The minimum Gasteiger partial charge on any atom is -0.465 e. The first-order chi connectivity index (χ1) is 7.22. The van der Waals surface area contributed by atoms with Crippen molar-refractivity contribution in [3.05, 3.63) is 0 Å². The van der Waals surface area contributed by atoms with Crippen molar-refractivity contribution in [1.29, 1.82) is 0 Å². The molecule has 2 rings (SSSR count). The number of piperazine rings is 1. The zero-order chi connectivity index (χ0) is 11.1. The smallest absolute Gasteiger partial charge is 0.414 e. The van der Waals surface area contributed by atoms with Gasteiger partial charge in [-0.2, -0.15) is 0 Å². The van der Waals surface area contributed by atoms with Crippen molar-refractivity contribution in [2.24, 2.45) is 0 Å². The third-order valence-electron chi connectivity index (χ3n) is 2.26. The van der Waals surface area contributed by atoms with Crippen LogP contribution < -0.4 is 10.6 Å². The molecule has 0 unspecified atom stereocenters. The van der Waals surface area contributed by atoms with E-state index in [1.165, 1.54) is 0 Å². The van der Waals surface area contributed by atoms with Crippen molar-refractivity contribution in [2.45, 2.75) is 12.8 Å². The number of carbonyl (C=O) groups is 2. The largest absolute Gasteiger partial charge is 0.465 e. The maximum absolute atomic E-state index is 10.6. The van der Waals surface area contributed by atoms with Gasteiger partial charge in [-0.05, 0) is 6.42 Å². The van der Waals surface area contributed by atoms with Crippen LogP contribution in [0.3, 0.4) is 0 Å². The summed E-state index contributed by atoms with van der Waals surface area (Å²) in [5.74, 6) is -0.275. The molecule has 0 aliphatic carbocycles. The van der Waals surface area contributed by atoms with Gasteiger partial charge in [-0.3, -0.25) is 4.79 Å². The minimum atomic E-state index is -1.13. The first-order valence-corrected chi connectivity index (χ1v) is 5.16. The second-order valence-electron chi connectivity index (χ2n) is 3.43. The summed E-state index contributed by atoms with van der Waals surface area (Å²) in [5.41, 5.74) is 0. The summed E-state index contributed by atoms with van der Waals surface area (Å²) >= 11 is 0. The van der Waals surface area contributed by atoms with Crippen LogP contribution >= 0.6 is 0 Å². The van der Waals surface area contributed by atoms with E-state index in [0.29, 0.717) is 19.4 Å². The van der Waals surface area contributed by atoms with Gasteiger partial charge in [0.1, 0.15) is 0 Å². The molecule has 6 nitrogen and oxygen atoms in total. The van der Waals surface area contributed by atoms with Gasteiger partial charge in [0.2, 0.25) is 5.91 Å². The Morgan fingerprint density at radius 1 is 1.20 bits per heavy atom. The van der Waals surface area contributed by atoms with E-state index < -0.39 is 6.09 Å². The standard InChI is InChI=1S/C5H7NO3.C4H10N2/c7-4-2-1-3-6(4)5(8)9;1-2-6-4-3-5-1/h1-3H2,(H,8,9);5-6H,1-4H2. The number of likely N-dealkylation sites (tertiary alicyclic amines) is 1. The van der Waals surface area contributed by atoms with E-state index in [1.807, 2.05) is 0 Å². The van der Waals surface area contributed by atoms with Crippen molar-refractivity contribution in [2.75, 3.05) is 32.7 Å². The van der Waals surface area contributed by atoms with Crippen molar-refractivity contribution in [3.8, 4) is 0 Å². The molecule has 2 heterocycles. The maximum atomic E-state index is 10.6. The van der Waals surface area contributed by atoms with E-state index >= 15 is 0 Å². The molecule has 0 bridgehead atoms. The Bertz CT molecular complexity index is 217. The van der Waals surface area contributed by atoms with E-state index in [1.54, 1.807) is 0 Å². The molecule has 0 radical (unpaired) electrons. The average molecular weight is 215 g/mol. The Morgan fingerprint density at radius 3 is 1.93 bits per heavy atom. The summed E-state index contributed by atoms with van der Waals surface area (Å²) < 4.78 is 0. The summed E-state index contributed by atoms with van der Waals surface area (Å²) in [6.07, 6.45) is -0.0743. The van der Waals surface area contributed by atoms with Crippen LogP contribution in [0.15, 0.2) is 0 Å². The fourth-order valence-electron chi connectivity index (χ4n) is 1.45. The molecule has 2 amide bonds. The lowest BCUT2D eigenvalue weighted by atomic mass is 10.4. The van der Waals surface area contributed by atoms with Gasteiger partial charge in [-0.15, -0.1) is 0 Å². The van der Waals surface area contributed by atoms with Crippen LogP contribution in [0.25, 0.3) is 0 Å². The minimum absolute atomic E-state index is 0.275. The third-order valence-corrected chi connectivity index (χ3v) is 2.26. The van der Waals surface area contributed by atoms with Crippen LogP contribution in [-0.2, 0) is 4.79 Å². The Kier molecular flexibility index (Phi) is 5.06. The van der Waals surface area contributed by atoms with Gasteiger partial charge < -0.3 is 15.7 Å². The van der Waals surface area contributed by atoms with E-state index in [9.17, 15) is 9.59 Å². The molecule has 15 heavy (non-hydrogen) atoms. The van der Waals surface area contributed by atoms with Gasteiger partial charge in [0.25, 0.3) is 0 Å². The quantitative estimate of drug-likeness (QED) is 0.506. The highest BCUT2D eigenvalue weighted by molar-refractivity contribution is 5.92. The number of hydrogen-bond acceptors (Lipinski definition) is 4. The summed E-state index contributed by atoms with van der Waals surface area (Å²) in [6.45, 7) is 4.92. The molecule has 0 aromatic heterocycles. The number of hydrogen-bond donors (Lipinski definition) is 3. The molecular weight excluding hydrogens is 198 g/mol. The fourth-order valence-corrected chi connectivity index (χ4v) is 1.45. The molecule has 2 aliphatic rings. The highest BCUT2D eigenvalue weighted by Gasteiger charge is 2.25. The second kappa shape index (κ2) is 6.36. The monoisotopic (exact) mass is 215 g/mol. The molecule has 6 heteroatoms. The van der Waals surface area contributed by atoms with Gasteiger partial charge in [0, 0.05) is 39.1 Å². The molecular formula is C9H17N3O3. The summed E-state index contributed by atoms with van der Waals surface area (Å²) in [5, 5.41) is 14.7. The highest BCUT2D eigenvalue weighted by atomic mass is 16.4. The maximum Gasteiger partial charge on any atom is 0.414 e. The first kappa shape index (κ1) is 11.9. The molecule has 0 aromatic carbocycles. The van der Waals surface area contributed by atoms with Gasteiger partial charge in [-0.1, -0.05) is 0 Å². The van der Waals surface area contributed by atoms with Crippen LogP contribution in [0.5, 0.6) is 0 Å². The van der Waals surface area contributed by atoms with Crippen molar-refractivity contribution in [3.63, 3.8) is 0 Å². The summed E-state index contributed by atoms with van der Waals surface area (Å²) in [7, 11) is 0. The number of nitrogens with zero attached hydrogens (tertiary/aromatic N) is 1. The molecule has 3 N–H and O–H groups in total. The number of carbonyl (C=O) groups excluding carboxylic acids is 1. The number of amides is 2. The normalized spacial score (nSPS) is 20.8. The third kappa shape index (κ3) is 4.26. The van der Waals surface area contributed by atoms with Crippen molar-refractivity contribution in [1.82, 2.24) is 15.5 Å². The molecule has 2 saturated heterocycles. The molecule has 0 aromatic rings. The topological polar surface area (TPSA) is 81.7 Å². The van der Waals surface area contributed by atoms with Gasteiger partial charge in [0.05, 0.1) is 0 Å². The van der Waals surface area contributed by atoms with Gasteiger partial charge in [-0.25, -0.2) is 9.69 Å². The lowest BCUT2D eigenvalue weighted by Gasteiger charge is -2.11. The Morgan fingerprint density at radius 2 is 1.73 bits per heavy atom. The van der Waals surface area contributed by atoms with Crippen molar-refractivity contribution >= 4 is 12.0 Å². The summed E-state index contributed by atoms with van der Waals surface area (Å²) in [4.78, 5) is 21.5. The van der Waals surface area contributed by atoms with Crippen LogP contribution in [-0.4, -0.2) is 54.7 Å². The van der Waals surface area contributed by atoms with E-state index in [4.69, 9.17) is 5.11 Å². The second-order valence-corrected chi connectivity index (χ2v) is 3.43. The van der Waals surface area contributed by atoms with Gasteiger partial charge in [0.15, 0.2) is 0 Å². The van der Waals surface area contributed by atoms with Crippen LogP contribution in [0.1, 0.15) is 12.8 Å². The Balaban J connectivity index is 0.000000162. The summed E-state index contributed by atoms with van der Waals surface area (Å²) in [6, 6.07) is 0. The SMILES string of the molecule is C1CNCCN1.O=C(O)N1CCCC1=O. The predicted molar refractivity (Wildman–Crippen MR) is 54.7 cm³/mol. The zero-order valence-electron chi connectivity index (χ0n) is 8.66. The van der Waals surface area contributed by atoms with E-state index in [0.717, 1.165) is 31.1 Å². The lowest BCUT2D eigenvalue weighted by Crippen LogP contribution is -2.39. The molecule has 0 atom stereocenters. The van der Waals surface area contributed by atoms with E-state index in [2.05, 4.69) is 10.6 Å². The number of nitrogens with one attached hydrogen (secondary N) is 2. The Hall–Kier alpha value is -1.14. The molecule has 2 aliphatic heterocycles. The van der Waals surface area contributed by atoms with Crippen LogP contribution in [0.4, 0.5) is 4.79 Å². The average Bonchev–Trinajstić information content (AvgIpc) is 2.68. The fraction of sp³-hybridized carbons (Fsp3) is 0.778. The molecule has 0 spiro atoms. The first-order valence-electron chi connectivity index (χ1n) is 5.16. The molecule has 0 saturated carbocycles. The number of rotatable bonds is 0.